The van der Waals surface area contributed by atoms with Crippen LogP contribution in [0.5, 0.6) is 0 Å². The third-order valence-corrected chi connectivity index (χ3v) is 6.43. The predicted molar refractivity (Wildman–Crippen MR) is 78.5 cm³/mol. The minimum atomic E-state index is -0.962. The first-order valence-corrected chi connectivity index (χ1v) is 8.09. The molecule has 0 aromatic rings. The van der Waals surface area contributed by atoms with Gasteiger partial charge in [-0.3, -0.25) is 9.59 Å². The second-order valence-corrected chi connectivity index (χ2v) is 7.76. The number of ether oxygens (including phenoxy) is 3. The van der Waals surface area contributed by atoms with Crippen LogP contribution in [0, 0.1) is 11.3 Å². The number of carbonyl (C=O) groups excluding carboxylic acids is 2. The fourth-order valence-corrected chi connectivity index (χ4v) is 4.64. The van der Waals surface area contributed by atoms with Crippen LogP contribution in [0.2, 0.25) is 0 Å². The largest absolute Gasteiger partial charge is 0.459 e. The van der Waals surface area contributed by atoms with Gasteiger partial charge in [0, 0.05) is 18.3 Å². The highest BCUT2D eigenvalue weighted by Gasteiger charge is 2.76. The van der Waals surface area contributed by atoms with Crippen molar-refractivity contribution >= 4 is 11.8 Å². The minimum absolute atomic E-state index is 0.00137. The molecule has 1 N–H and O–H groups in total. The van der Waals surface area contributed by atoms with E-state index in [0.717, 1.165) is 5.57 Å². The molecule has 4 rings (SSSR count). The van der Waals surface area contributed by atoms with Crippen LogP contribution in [0.15, 0.2) is 11.6 Å². The van der Waals surface area contributed by atoms with Gasteiger partial charge in [0.15, 0.2) is 11.4 Å². The molecular weight excluding hydrogens is 300 g/mol. The zero-order valence-electron chi connectivity index (χ0n) is 13.8. The molecule has 0 amide bonds. The average Bonchev–Trinajstić information content (AvgIpc) is 3.36. The maximum Gasteiger partial charge on any atom is 0.303 e. The first kappa shape index (κ1) is 15.3. The number of epoxide rings is 2. The molecule has 0 aromatic carbocycles. The molecule has 2 heterocycles. The molecule has 0 radical (unpaired) electrons. The van der Waals surface area contributed by atoms with Crippen LogP contribution in [0.25, 0.3) is 0 Å². The number of hydrogen-bond acceptors (Lipinski definition) is 6. The average molecular weight is 322 g/mol. The molecule has 1 saturated carbocycles. The van der Waals surface area contributed by atoms with Gasteiger partial charge >= 0.3 is 5.97 Å². The molecule has 126 valence electrons. The van der Waals surface area contributed by atoms with Crippen LogP contribution >= 0.6 is 0 Å². The van der Waals surface area contributed by atoms with Crippen LogP contribution in [0.1, 0.15) is 34.1 Å². The monoisotopic (exact) mass is 322 g/mol. The lowest BCUT2D eigenvalue weighted by Gasteiger charge is -2.47. The maximum absolute atomic E-state index is 12.6. The van der Waals surface area contributed by atoms with Crippen LogP contribution in [-0.2, 0) is 23.8 Å². The van der Waals surface area contributed by atoms with E-state index in [4.69, 9.17) is 14.2 Å². The number of ketones is 1. The van der Waals surface area contributed by atoms with Gasteiger partial charge in [-0.05, 0) is 25.0 Å². The van der Waals surface area contributed by atoms with Crippen molar-refractivity contribution in [2.45, 2.75) is 63.6 Å². The summed E-state index contributed by atoms with van der Waals surface area (Å²) in [5, 5.41) is 9.59. The van der Waals surface area contributed by atoms with Crippen molar-refractivity contribution in [2.75, 3.05) is 6.61 Å². The summed E-state index contributed by atoms with van der Waals surface area (Å²) in [6, 6.07) is 0. The van der Waals surface area contributed by atoms with Crippen molar-refractivity contribution in [1.82, 2.24) is 0 Å². The molecule has 2 aliphatic carbocycles. The number of hydrogen-bond donors (Lipinski definition) is 1. The van der Waals surface area contributed by atoms with Crippen molar-refractivity contribution in [1.29, 1.82) is 0 Å². The SMILES string of the molecule is CC(=O)O[C@H]1[C@@H]2O[C@@H]2C2=CC(=O)[C@]3(C[C@]2(C)[C@@H]1C)O[C@@]3(C)CO. The molecule has 23 heavy (non-hydrogen) atoms. The van der Waals surface area contributed by atoms with Crippen molar-refractivity contribution in [3.05, 3.63) is 11.6 Å². The molecular formula is C17H22O6. The highest BCUT2D eigenvalue weighted by atomic mass is 16.6. The second-order valence-electron chi connectivity index (χ2n) is 7.76. The highest BCUT2D eigenvalue weighted by Crippen LogP contribution is 2.65. The maximum atomic E-state index is 12.6. The van der Waals surface area contributed by atoms with Crippen molar-refractivity contribution in [3.63, 3.8) is 0 Å². The third-order valence-electron chi connectivity index (χ3n) is 6.43. The fourth-order valence-electron chi connectivity index (χ4n) is 4.64. The summed E-state index contributed by atoms with van der Waals surface area (Å²) < 4.78 is 17.0. The number of fused-ring (bicyclic) bond motifs is 3. The van der Waals surface area contributed by atoms with E-state index in [-0.39, 0.29) is 48.0 Å². The van der Waals surface area contributed by atoms with E-state index in [2.05, 4.69) is 6.92 Å². The van der Waals surface area contributed by atoms with Crippen LogP contribution in [0.4, 0.5) is 0 Å². The summed E-state index contributed by atoms with van der Waals surface area (Å²) in [6.45, 7) is 7.08. The molecule has 2 aliphatic heterocycles. The van der Waals surface area contributed by atoms with E-state index in [1.54, 1.807) is 13.0 Å². The fraction of sp³-hybridized carbons (Fsp3) is 0.765. The van der Waals surface area contributed by atoms with Crippen LogP contribution in [0.3, 0.4) is 0 Å². The van der Waals surface area contributed by atoms with E-state index in [1.807, 2.05) is 6.92 Å². The molecule has 2 saturated heterocycles. The highest BCUT2D eigenvalue weighted by molar-refractivity contribution is 6.02. The Morgan fingerprint density at radius 2 is 2.17 bits per heavy atom. The Labute approximate surface area is 134 Å². The van der Waals surface area contributed by atoms with Gasteiger partial charge in [0.1, 0.15) is 23.9 Å². The van der Waals surface area contributed by atoms with Gasteiger partial charge in [-0.25, -0.2) is 0 Å². The van der Waals surface area contributed by atoms with Gasteiger partial charge in [-0.15, -0.1) is 0 Å². The zero-order valence-corrected chi connectivity index (χ0v) is 13.8. The molecule has 0 aromatic heterocycles. The molecule has 6 heteroatoms. The Balaban J connectivity index is 1.73. The van der Waals surface area contributed by atoms with Crippen molar-refractivity contribution in [2.24, 2.45) is 11.3 Å². The first-order valence-electron chi connectivity index (χ1n) is 8.09. The summed E-state index contributed by atoms with van der Waals surface area (Å²) in [7, 11) is 0. The smallest absolute Gasteiger partial charge is 0.303 e. The van der Waals surface area contributed by atoms with Gasteiger partial charge in [-0.2, -0.15) is 0 Å². The number of esters is 1. The summed E-state index contributed by atoms with van der Waals surface area (Å²) in [5.41, 5.74) is -1.17. The van der Waals surface area contributed by atoms with Crippen molar-refractivity contribution in [3.8, 4) is 0 Å². The summed E-state index contributed by atoms with van der Waals surface area (Å²) in [4.78, 5) is 24.0. The Morgan fingerprint density at radius 3 is 2.74 bits per heavy atom. The Hall–Kier alpha value is -1.24. The molecule has 1 spiro atoms. The summed E-state index contributed by atoms with van der Waals surface area (Å²) in [6.07, 6.45) is 1.51. The molecule has 3 fully saturated rings. The van der Waals surface area contributed by atoms with E-state index < -0.39 is 11.2 Å². The summed E-state index contributed by atoms with van der Waals surface area (Å²) >= 11 is 0. The van der Waals surface area contributed by atoms with E-state index in [0.29, 0.717) is 6.42 Å². The summed E-state index contributed by atoms with van der Waals surface area (Å²) in [5.74, 6) is -0.413. The standard InChI is InChI=1S/C17H22O6/c1-8-12(21-9(2)19)14-13(22-14)10-5-11(20)17(6-15(8,10)3)16(4,7-18)23-17/h5,8,12-14,18H,6-7H2,1-4H3/t8-,12-,13-,14+,15-,16+,17+/m1/s1. The van der Waals surface area contributed by atoms with Crippen LogP contribution in [-0.4, -0.2) is 53.0 Å². The van der Waals surface area contributed by atoms with E-state index in [1.165, 1.54) is 6.92 Å². The lowest BCUT2D eigenvalue weighted by atomic mass is 9.56. The number of carbonyl (C=O) groups is 2. The lowest BCUT2D eigenvalue weighted by Crippen LogP contribution is -2.53. The topological polar surface area (TPSA) is 88.7 Å². The Bertz CT molecular complexity index is 641. The van der Waals surface area contributed by atoms with Crippen molar-refractivity contribution < 1.29 is 28.9 Å². The predicted octanol–water partition coefficient (Wildman–Crippen LogP) is 0.761. The third kappa shape index (κ3) is 1.74. The quantitative estimate of drug-likeness (QED) is 0.596. The van der Waals surface area contributed by atoms with Gasteiger partial charge in [-0.1, -0.05) is 13.8 Å². The molecule has 7 atom stereocenters. The minimum Gasteiger partial charge on any atom is -0.459 e. The van der Waals surface area contributed by atoms with E-state index in [9.17, 15) is 14.7 Å². The van der Waals surface area contributed by atoms with Gasteiger partial charge < -0.3 is 19.3 Å². The lowest BCUT2D eigenvalue weighted by molar-refractivity contribution is -0.153. The molecule has 4 aliphatic rings. The normalized spacial score (nSPS) is 53.3. The number of aliphatic hydroxyl groups is 1. The molecule has 0 bridgehead atoms. The van der Waals surface area contributed by atoms with Crippen LogP contribution < -0.4 is 0 Å². The molecule has 6 nitrogen and oxygen atoms in total. The number of rotatable bonds is 2. The van der Waals surface area contributed by atoms with Gasteiger partial charge in [0.25, 0.3) is 0 Å². The van der Waals surface area contributed by atoms with E-state index >= 15 is 0 Å². The molecule has 0 unspecified atom stereocenters. The number of aliphatic hydroxyl groups excluding tert-OH is 1. The zero-order chi connectivity index (χ0) is 16.8. The Kier molecular flexibility index (Phi) is 2.82. The second kappa shape index (κ2) is 4.23. The first-order chi connectivity index (χ1) is 10.7. The van der Waals surface area contributed by atoms with Gasteiger partial charge in [0.2, 0.25) is 0 Å². The van der Waals surface area contributed by atoms with Gasteiger partial charge in [0.05, 0.1) is 6.61 Å². The Morgan fingerprint density at radius 1 is 1.48 bits per heavy atom.